The first-order valence-electron chi connectivity index (χ1n) is 14.7. The Morgan fingerprint density at radius 1 is 0.395 bits per heavy atom. The molecule has 3 aromatic heterocycles. The molecule has 0 N–H and O–H groups in total. The average molecular weight is 565 g/mol. The maximum Gasteiger partial charge on any atom is 0.0641 e. The van der Waals surface area contributed by atoms with E-state index in [1.807, 2.05) is 11.3 Å². The van der Waals surface area contributed by atoms with E-state index in [2.05, 4.69) is 155 Å². The molecule has 2 nitrogen and oxygen atoms in total. The molecular formula is C40H24N2S. The van der Waals surface area contributed by atoms with Crippen molar-refractivity contribution >= 4 is 85.9 Å². The van der Waals surface area contributed by atoms with E-state index in [4.69, 9.17) is 0 Å². The number of benzene rings is 7. The number of thiophene rings is 1. The van der Waals surface area contributed by atoms with Crippen molar-refractivity contribution in [3.8, 4) is 11.4 Å². The molecule has 0 saturated heterocycles. The van der Waals surface area contributed by atoms with Crippen molar-refractivity contribution in [3.05, 3.63) is 146 Å². The summed E-state index contributed by atoms with van der Waals surface area (Å²) in [4.78, 5) is 0. The summed E-state index contributed by atoms with van der Waals surface area (Å²) in [6.45, 7) is 0. The summed E-state index contributed by atoms with van der Waals surface area (Å²) in [5.74, 6) is 0. The number of hydrogen-bond acceptors (Lipinski definition) is 1. The summed E-state index contributed by atoms with van der Waals surface area (Å²) in [6.07, 6.45) is 0. The summed E-state index contributed by atoms with van der Waals surface area (Å²) in [5, 5.41) is 10.3. The van der Waals surface area contributed by atoms with Gasteiger partial charge in [-0.1, -0.05) is 109 Å². The fourth-order valence-electron chi connectivity index (χ4n) is 7.32. The fraction of sp³-hybridized carbons (Fsp3) is 0. The number of para-hydroxylation sites is 3. The number of nitrogens with zero attached hydrogens (tertiary/aromatic N) is 2. The highest BCUT2D eigenvalue weighted by molar-refractivity contribution is 7.26. The van der Waals surface area contributed by atoms with Gasteiger partial charge in [-0.15, -0.1) is 11.3 Å². The molecule has 0 radical (unpaired) electrons. The first-order valence-corrected chi connectivity index (χ1v) is 15.5. The van der Waals surface area contributed by atoms with E-state index in [1.165, 1.54) is 85.9 Å². The largest absolute Gasteiger partial charge is 0.309 e. The molecule has 0 aliphatic heterocycles. The molecular weight excluding hydrogens is 541 g/mol. The molecule has 0 bridgehead atoms. The minimum absolute atomic E-state index is 1.17. The summed E-state index contributed by atoms with van der Waals surface area (Å²) >= 11 is 1.89. The number of aromatic nitrogens is 2. The Kier molecular flexibility index (Phi) is 4.63. The van der Waals surface area contributed by atoms with Crippen LogP contribution < -0.4 is 0 Å². The second-order valence-electron chi connectivity index (χ2n) is 11.3. The Labute approximate surface area is 251 Å². The van der Waals surface area contributed by atoms with Gasteiger partial charge in [-0.3, -0.25) is 0 Å². The minimum atomic E-state index is 1.17. The molecule has 10 rings (SSSR count). The van der Waals surface area contributed by atoms with Gasteiger partial charge < -0.3 is 9.13 Å². The second kappa shape index (κ2) is 8.57. The van der Waals surface area contributed by atoms with Gasteiger partial charge in [0.05, 0.1) is 32.5 Å². The van der Waals surface area contributed by atoms with Gasteiger partial charge in [-0.2, -0.15) is 0 Å². The van der Waals surface area contributed by atoms with E-state index in [9.17, 15) is 0 Å². The third kappa shape index (κ3) is 3.07. The molecule has 0 unspecified atom stereocenters. The van der Waals surface area contributed by atoms with Crippen molar-refractivity contribution in [2.24, 2.45) is 0 Å². The Morgan fingerprint density at radius 2 is 0.977 bits per heavy atom. The van der Waals surface area contributed by atoms with Gasteiger partial charge in [-0.25, -0.2) is 0 Å². The van der Waals surface area contributed by atoms with Crippen LogP contribution >= 0.6 is 11.3 Å². The highest BCUT2D eigenvalue weighted by Crippen LogP contribution is 2.45. The Bertz CT molecular complexity index is 2720. The van der Waals surface area contributed by atoms with Gasteiger partial charge in [0, 0.05) is 48.1 Å². The van der Waals surface area contributed by atoms with Gasteiger partial charge in [0.2, 0.25) is 0 Å². The third-order valence-electron chi connectivity index (χ3n) is 9.09. The maximum absolute atomic E-state index is 2.54. The molecule has 3 heteroatoms. The van der Waals surface area contributed by atoms with Crippen molar-refractivity contribution in [2.75, 3.05) is 0 Å². The topological polar surface area (TPSA) is 9.86 Å². The molecule has 0 fully saturated rings. The fourth-order valence-corrected chi connectivity index (χ4v) is 8.52. The van der Waals surface area contributed by atoms with Gasteiger partial charge in [0.25, 0.3) is 0 Å². The summed E-state index contributed by atoms with van der Waals surface area (Å²) in [5.41, 5.74) is 7.37. The van der Waals surface area contributed by atoms with E-state index < -0.39 is 0 Å². The van der Waals surface area contributed by atoms with Crippen molar-refractivity contribution in [2.45, 2.75) is 0 Å². The number of rotatable bonds is 2. The van der Waals surface area contributed by atoms with Crippen molar-refractivity contribution in [1.29, 1.82) is 0 Å². The van der Waals surface area contributed by atoms with Crippen LogP contribution in [0.5, 0.6) is 0 Å². The second-order valence-corrected chi connectivity index (χ2v) is 12.4. The molecule has 0 aliphatic carbocycles. The Morgan fingerprint density at radius 3 is 1.72 bits per heavy atom. The first kappa shape index (κ1) is 23.2. The lowest BCUT2D eigenvalue weighted by molar-refractivity contribution is 1.18. The van der Waals surface area contributed by atoms with Gasteiger partial charge in [-0.05, 0) is 41.8 Å². The van der Waals surface area contributed by atoms with E-state index in [-0.39, 0.29) is 0 Å². The lowest BCUT2D eigenvalue weighted by Crippen LogP contribution is -1.97. The standard InChI is InChI=1S/C40H24N2S/c1-2-11-26(12-3-1)41-33-17-7-4-13-27(33)30-23-21-25-22-24-31-28-14-5-8-18-34(28)42(39(31)37(25)38(30)41)35-19-10-16-32-29-15-6-9-20-36(29)43-40(32)35/h1-24H. The van der Waals surface area contributed by atoms with E-state index in [1.54, 1.807) is 0 Å². The van der Waals surface area contributed by atoms with Crippen LogP contribution in [0.1, 0.15) is 0 Å². The van der Waals surface area contributed by atoms with Gasteiger partial charge in [0.1, 0.15) is 0 Å². The van der Waals surface area contributed by atoms with E-state index in [0.29, 0.717) is 0 Å². The number of fused-ring (bicyclic) bond motifs is 12. The average Bonchev–Trinajstić information content (AvgIpc) is 3.73. The summed E-state index contributed by atoms with van der Waals surface area (Å²) in [7, 11) is 0. The monoisotopic (exact) mass is 564 g/mol. The van der Waals surface area contributed by atoms with Gasteiger partial charge in [0.15, 0.2) is 0 Å². The van der Waals surface area contributed by atoms with Crippen molar-refractivity contribution in [1.82, 2.24) is 9.13 Å². The molecule has 0 atom stereocenters. The SMILES string of the molecule is c1ccc(-n2c3ccccc3c3ccc4ccc5c6ccccc6n(-c6cccc7c6sc6ccccc67)c5c4c32)cc1. The molecule has 43 heavy (non-hydrogen) atoms. The predicted octanol–water partition coefficient (Wildman–Crippen LogP) is 11.4. The highest BCUT2D eigenvalue weighted by atomic mass is 32.1. The zero-order valence-electron chi connectivity index (χ0n) is 23.2. The lowest BCUT2D eigenvalue weighted by Gasteiger charge is -2.14. The van der Waals surface area contributed by atoms with Crippen LogP contribution in [0.15, 0.2) is 146 Å². The molecule has 7 aromatic carbocycles. The van der Waals surface area contributed by atoms with Crippen LogP contribution in [0.2, 0.25) is 0 Å². The highest BCUT2D eigenvalue weighted by Gasteiger charge is 2.22. The van der Waals surface area contributed by atoms with Crippen LogP contribution in [0, 0.1) is 0 Å². The molecule has 10 aromatic rings. The van der Waals surface area contributed by atoms with Crippen LogP contribution in [-0.4, -0.2) is 9.13 Å². The molecule has 200 valence electrons. The molecule has 0 amide bonds. The zero-order valence-corrected chi connectivity index (χ0v) is 24.0. The Hall–Kier alpha value is -5.38. The van der Waals surface area contributed by atoms with Crippen molar-refractivity contribution in [3.63, 3.8) is 0 Å². The normalized spacial score (nSPS) is 12.2. The van der Waals surface area contributed by atoms with E-state index >= 15 is 0 Å². The first-order chi connectivity index (χ1) is 21.4. The molecule has 3 heterocycles. The quantitative estimate of drug-likeness (QED) is 0.198. The Balaban J connectivity index is 1.49. The maximum atomic E-state index is 2.54. The van der Waals surface area contributed by atoms with E-state index in [0.717, 1.165) is 0 Å². The summed E-state index contributed by atoms with van der Waals surface area (Å²) in [6, 6.07) is 53.3. The van der Waals surface area contributed by atoms with Crippen LogP contribution in [0.4, 0.5) is 0 Å². The number of hydrogen-bond donors (Lipinski definition) is 0. The van der Waals surface area contributed by atoms with Crippen LogP contribution in [0.25, 0.3) is 85.9 Å². The zero-order chi connectivity index (χ0) is 28.1. The van der Waals surface area contributed by atoms with Crippen LogP contribution in [0.3, 0.4) is 0 Å². The molecule has 0 saturated carbocycles. The molecule has 0 spiro atoms. The van der Waals surface area contributed by atoms with Crippen LogP contribution in [-0.2, 0) is 0 Å². The predicted molar refractivity (Wildman–Crippen MR) is 186 cm³/mol. The molecule has 0 aliphatic rings. The van der Waals surface area contributed by atoms with Crippen molar-refractivity contribution < 1.29 is 0 Å². The van der Waals surface area contributed by atoms with Gasteiger partial charge >= 0.3 is 0 Å². The minimum Gasteiger partial charge on any atom is -0.309 e. The lowest BCUT2D eigenvalue weighted by atomic mass is 10.0. The smallest absolute Gasteiger partial charge is 0.0641 e. The third-order valence-corrected chi connectivity index (χ3v) is 10.3. The summed E-state index contributed by atoms with van der Waals surface area (Å²) < 4.78 is 7.65.